The van der Waals surface area contributed by atoms with Crippen molar-refractivity contribution in [3.05, 3.63) is 83.9 Å². The number of nitrogens with one attached hydrogen (secondary N) is 1. The zero-order valence-corrected chi connectivity index (χ0v) is 20.3. The Morgan fingerprint density at radius 1 is 1.08 bits per heavy atom. The zero-order chi connectivity index (χ0) is 26.9. The van der Waals surface area contributed by atoms with Gasteiger partial charge in [0.1, 0.15) is 5.82 Å². The third-order valence-electron chi connectivity index (χ3n) is 6.48. The highest BCUT2D eigenvalue weighted by Crippen LogP contribution is 2.38. The Kier molecular flexibility index (Phi) is 6.59. The number of rotatable bonds is 4. The molecule has 1 saturated heterocycles. The molecule has 0 aliphatic carbocycles. The Balaban J connectivity index is 1.42. The number of likely N-dealkylation sites (tertiary alicyclic amines) is 1. The van der Waals surface area contributed by atoms with E-state index in [9.17, 15) is 22.8 Å². The molecule has 0 radical (unpaired) electrons. The van der Waals surface area contributed by atoms with Gasteiger partial charge in [-0.05, 0) is 67.6 Å². The number of carbonyl (C=O) groups is 2. The molecule has 1 unspecified atom stereocenters. The topological polar surface area (TPSA) is 79.6 Å². The molecule has 1 aliphatic rings. The molecular weight excluding hydrogens is 495 g/mol. The Morgan fingerprint density at radius 2 is 1.87 bits per heavy atom. The minimum Gasteiger partial charge on any atom is -0.325 e. The minimum atomic E-state index is -4.54. The summed E-state index contributed by atoms with van der Waals surface area (Å²) in [6.45, 7) is 2.28. The van der Waals surface area contributed by atoms with Gasteiger partial charge in [0.25, 0.3) is 11.8 Å². The van der Waals surface area contributed by atoms with E-state index in [2.05, 4.69) is 27.1 Å². The maximum Gasteiger partial charge on any atom is 0.416 e. The number of aromatic nitrogens is 3. The fourth-order valence-electron chi connectivity index (χ4n) is 4.74. The molecule has 4 heterocycles. The lowest BCUT2D eigenvalue weighted by atomic mass is 10.0. The first kappa shape index (κ1) is 25.0. The number of halogens is 3. The van der Waals surface area contributed by atoms with Crippen LogP contribution in [0.25, 0.3) is 16.8 Å². The summed E-state index contributed by atoms with van der Waals surface area (Å²) in [6, 6.07) is 12.1. The molecule has 0 bridgehead atoms. The standard InChI is InChI=1S/C28H22F3N5O2/c1-2-4-26(37)35-14-3-5-22(35)21-16-24(36-17-32-12-11-23(21)36)18-6-8-19(9-7-18)27(38)34-25-15-20(10-13-33-25)28(29,30)31/h6-13,15-17,22H,3,5,14H2,1H3,(H,33,34,38). The van der Waals surface area contributed by atoms with Crippen LogP contribution < -0.4 is 5.32 Å². The number of hydrogen-bond acceptors (Lipinski definition) is 4. The van der Waals surface area contributed by atoms with Crippen molar-refractivity contribution in [2.75, 3.05) is 11.9 Å². The molecule has 5 rings (SSSR count). The number of carbonyl (C=O) groups excluding carboxylic acids is 2. The highest BCUT2D eigenvalue weighted by molar-refractivity contribution is 6.04. The average molecular weight is 518 g/mol. The molecule has 1 aromatic carbocycles. The number of pyridine rings is 1. The normalized spacial score (nSPS) is 15.3. The molecule has 1 N–H and O–H groups in total. The number of amides is 2. The first-order valence-corrected chi connectivity index (χ1v) is 11.9. The largest absolute Gasteiger partial charge is 0.416 e. The number of anilines is 1. The minimum absolute atomic E-state index is 0.112. The van der Waals surface area contributed by atoms with Gasteiger partial charge in [0.05, 0.1) is 29.1 Å². The van der Waals surface area contributed by atoms with E-state index < -0.39 is 17.6 Å². The molecule has 192 valence electrons. The van der Waals surface area contributed by atoms with Crippen molar-refractivity contribution in [3.63, 3.8) is 0 Å². The van der Waals surface area contributed by atoms with Gasteiger partial charge in [0.2, 0.25) is 0 Å². The van der Waals surface area contributed by atoms with E-state index in [0.29, 0.717) is 6.54 Å². The highest BCUT2D eigenvalue weighted by atomic mass is 19.4. The van der Waals surface area contributed by atoms with Crippen LogP contribution >= 0.6 is 0 Å². The van der Waals surface area contributed by atoms with Crippen LogP contribution in [0.3, 0.4) is 0 Å². The summed E-state index contributed by atoms with van der Waals surface area (Å²) in [7, 11) is 0. The maximum absolute atomic E-state index is 13.0. The van der Waals surface area contributed by atoms with Gasteiger partial charge in [-0.15, -0.1) is 0 Å². The fourth-order valence-corrected chi connectivity index (χ4v) is 4.74. The first-order valence-electron chi connectivity index (χ1n) is 11.9. The predicted octanol–water partition coefficient (Wildman–Crippen LogP) is 5.35. The third kappa shape index (κ3) is 4.83. The van der Waals surface area contributed by atoms with Crippen LogP contribution in [0.5, 0.6) is 0 Å². The predicted molar refractivity (Wildman–Crippen MR) is 135 cm³/mol. The average Bonchev–Trinajstić information content (AvgIpc) is 3.54. The quantitative estimate of drug-likeness (QED) is 0.370. The van der Waals surface area contributed by atoms with E-state index in [0.717, 1.165) is 53.5 Å². The second kappa shape index (κ2) is 10.0. The highest BCUT2D eigenvalue weighted by Gasteiger charge is 2.32. The number of benzene rings is 1. The van der Waals surface area contributed by atoms with E-state index in [-0.39, 0.29) is 23.3 Å². The van der Waals surface area contributed by atoms with Crippen LogP contribution in [-0.4, -0.2) is 37.6 Å². The van der Waals surface area contributed by atoms with Gasteiger partial charge in [0, 0.05) is 30.1 Å². The number of alkyl halides is 3. The van der Waals surface area contributed by atoms with Crippen LogP contribution in [0, 0.1) is 11.8 Å². The van der Waals surface area contributed by atoms with Gasteiger partial charge in [-0.1, -0.05) is 18.1 Å². The first-order chi connectivity index (χ1) is 18.3. The van der Waals surface area contributed by atoms with Crippen molar-refractivity contribution in [1.29, 1.82) is 0 Å². The molecule has 4 aromatic rings. The van der Waals surface area contributed by atoms with Gasteiger partial charge in [-0.3, -0.25) is 9.59 Å². The fraction of sp³-hybridized carbons (Fsp3) is 0.214. The molecule has 10 heteroatoms. The van der Waals surface area contributed by atoms with Crippen LogP contribution in [-0.2, 0) is 11.0 Å². The SMILES string of the molecule is CC#CC(=O)N1CCCC1c1cc(-c2ccc(C(=O)Nc3cc(C(F)(F)F)ccn3)cc2)n2cnccc12. The smallest absolute Gasteiger partial charge is 0.325 e. The summed E-state index contributed by atoms with van der Waals surface area (Å²) >= 11 is 0. The summed E-state index contributed by atoms with van der Waals surface area (Å²) in [6.07, 6.45) is 1.56. The molecule has 38 heavy (non-hydrogen) atoms. The van der Waals surface area contributed by atoms with Crippen molar-refractivity contribution in [3.8, 4) is 23.1 Å². The van der Waals surface area contributed by atoms with Crippen molar-refractivity contribution in [2.24, 2.45) is 0 Å². The molecule has 1 aliphatic heterocycles. The van der Waals surface area contributed by atoms with Gasteiger partial charge in [-0.2, -0.15) is 13.2 Å². The maximum atomic E-state index is 13.0. The lowest BCUT2D eigenvalue weighted by Crippen LogP contribution is -2.29. The molecule has 1 atom stereocenters. The van der Waals surface area contributed by atoms with E-state index in [1.54, 1.807) is 48.6 Å². The number of hydrogen-bond donors (Lipinski definition) is 1. The Morgan fingerprint density at radius 3 is 2.61 bits per heavy atom. The molecule has 1 fully saturated rings. The molecule has 7 nitrogen and oxygen atoms in total. The van der Waals surface area contributed by atoms with Crippen molar-refractivity contribution in [1.82, 2.24) is 19.3 Å². The van der Waals surface area contributed by atoms with Crippen LogP contribution in [0.4, 0.5) is 19.0 Å². The Bertz CT molecular complexity index is 1580. The zero-order valence-electron chi connectivity index (χ0n) is 20.3. The summed E-state index contributed by atoms with van der Waals surface area (Å²) in [5.41, 5.74) is 2.91. The van der Waals surface area contributed by atoms with Crippen LogP contribution in [0.2, 0.25) is 0 Å². The van der Waals surface area contributed by atoms with E-state index >= 15 is 0 Å². The van der Waals surface area contributed by atoms with E-state index in [1.165, 1.54) is 0 Å². The molecule has 0 saturated carbocycles. The van der Waals surface area contributed by atoms with Gasteiger partial charge >= 0.3 is 6.18 Å². The van der Waals surface area contributed by atoms with E-state index in [1.807, 2.05) is 16.5 Å². The van der Waals surface area contributed by atoms with Crippen molar-refractivity contribution >= 4 is 23.1 Å². The summed E-state index contributed by atoms with van der Waals surface area (Å²) in [5.74, 6) is 4.35. The number of nitrogens with zero attached hydrogens (tertiary/aromatic N) is 4. The molecule has 2 amide bonds. The van der Waals surface area contributed by atoms with Crippen molar-refractivity contribution < 1.29 is 22.8 Å². The van der Waals surface area contributed by atoms with Crippen LogP contribution in [0.1, 0.15) is 47.3 Å². The van der Waals surface area contributed by atoms with E-state index in [4.69, 9.17) is 0 Å². The Labute approximate surface area is 216 Å². The van der Waals surface area contributed by atoms with Gasteiger partial charge in [0.15, 0.2) is 0 Å². The monoisotopic (exact) mass is 517 g/mol. The molecule has 3 aromatic heterocycles. The number of fused-ring (bicyclic) bond motifs is 1. The van der Waals surface area contributed by atoms with Crippen molar-refractivity contribution in [2.45, 2.75) is 32.0 Å². The third-order valence-corrected chi connectivity index (χ3v) is 6.48. The second-order valence-corrected chi connectivity index (χ2v) is 8.81. The summed E-state index contributed by atoms with van der Waals surface area (Å²) < 4.78 is 40.8. The second-order valence-electron chi connectivity index (χ2n) is 8.81. The van der Waals surface area contributed by atoms with Gasteiger partial charge < -0.3 is 14.6 Å². The summed E-state index contributed by atoms with van der Waals surface area (Å²) in [5, 5.41) is 2.41. The van der Waals surface area contributed by atoms with Crippen LogP contribution in [0.15, 0.2) is 67.3 Å². The van der Waals surface area contributed by atoms with Gasteiger partial charge in [-0.25, -0.2) is 9.97 Å². The Hall–Kier alpha value is -4.65. The lowest BCUT2D eigenvalue weighted by molar-refractivity contribution is -0.137. The summed E-state index contributed by atoms with van der Waals surface area (Å²) in [4.78, 5) is 35.1. The molecular formula is C28H22F3N5O2. The molecule has 0 spiro atoms. The lowest BCUT2D eigenvalue weighted by Gasteiger charge is -2.22.